The van der Waals surface area contributed by atoms with E-state index in [4.69, 9.17) is 16.3 Å². The summed E-state index contributed by atoms with van der Waals surface area (Å²) in [5.74, 6) is -0.518. The number of piperazine rings is 1. The van der Waals surface area contributed by atoms with Gasteiger partial charge in [0.15, 0.2) is 0 Å². The molecule has 1 aliphatic rings. The second-order valence-corrected chi connectivity index (χ2v) is 8.88. The van der Waals surface area contributed by atoms with Crippen molar-refractivity contribution in [2.75, 3.05) is 32.7 Å². The van der Waals surface area contributed by atoms with E-state index in [0.717, 1.165) is 30.8 Å². The molecule has 1 heterocycles. The molecule has 4 rings (SSSR count). The molecule has 0 radical (unpaired) electrons. The second-order valence-electron chi connectivity index (χ2n) is 8.44. The highest BCUT2D eigenvalue weighted by Crippen LogP contribution is 2.24. The first-order chi connectivity index (χ1) is 16.0. The van der Waals surface area contributed by atoms with Crippen LogP contribution in [0.4, 0.5) is 4.39 Å². The van der Waals surface area contributed by atoms with Gasteiger partial charge in [-0.05, 0) is 48.4 Å². The molecule has 4 nitrogen and oxygen atoms in total. The van der Waals surface area contributed by atoms with Gasteiger partial charge < -0.3 is 9.64 Å². The van der Waals surface area contributed by atoms with Gasteiger partial charge in [-0.1, -0.05) is 59.6 Å². The average Bonchev–Trinajstić information content (AvgIpc) is 2.82. The molecule has 0 bridgehead atoms. The fourth-order valence-electron chi connectivity index (χ4n) is 4.10. The number of ether oxygens (including phenoxy) is 1. The highest BCUT2D eigenvalue weighted by Gasteiger charge is 2.25. The molecule has 0 unspecified atom stereocenters. The molecule has 3 aromatic carbocycles. The van der Waals surface area contributed by atoms with Crippen LogP contribution >= 0.6 is 11.6 Å². The molecule has 1 amide bonds. The Balaban J connectivity index is 1.39. The lowest BCUT2D eigenvalue weighted by atomic mass is 10.1. The maximum Gasteiger partial charge on any atom is 0.254 e. The van der Waals surface area contributed by atoms with Crippen LogP contribution in [0, 0.1) is 12.7 Å². The third-order valence-electron chi connectivity index (χ3n) is 5.93. The van der Waals surface area contributed by atoms with Crippen molar-refractivity contribution in [3.8, 4) is 0 Å². The Morgan fingerprint density at radius 1 is 1.00 bits per heavy atom. The lowest BCUT2D eigenvalue weighted by Gasteiger charge is -2.36. The Morgan fingerprint density at radius 3 is 2.42 bits per heavy atom. The van der Waals surface area contributed by atoms with Gasteiger partial charge in [-0.25, -0.2) is 4.39 Å². The molecule has 6 heteroatoms. The van der Waals surface area contributed by atoms with E-state index in [1.54, 1.807) is 17.0 Å². The predicted octanol–water partition coefficient (Wildman–Crippen LogP) is 5.50. The third kappa shape index (κ3) is 6.41. The average molecular weight is 467 g/mol. The number of carbonyl (C=O) groups is 1. The van der Waals surface area contributed by atoms with Crippen LogP contribution < -0.4 is 0 Å². The van der Waals surface area contributed by atoms with Crippen molar-refractivity contribution in [2.45, 2.75) is 19.6 Å². The zero-order valence-corrected chi connectivity index (χ0v) is 19.5. The minimum atomic E-state index is -0.393. The van der Waals surface area contributed by atoms with E-state index in [-0.39, 0.29) is 12.0 Å². The van der Waals surface area contributed by atoms with Crippen LogP contribution in [0.5, 0.6) is 0 Å². The van der Waals surface area contributed by atoms with Crippen molar-refractivity contribution in [3.63, 3.8) is 0 Å². The van der Waals surface area contributed by atoms with Crippen molar-refractivity contribution in [1.82, 2.24) is 9.80 Å². The van der Waals surface area contributed by atoms with Crippen LogP contribution in [-0.2, 0) is 11.3 Å². The zero-order valence-electron chi connectivity index (χ0n) is 18.7. The number of benzene rings is 3. The summed E-state index contributed by atoms with van der Waals surface area (Å²) < 4.78 is 19.9. The van der Waals surface area contributed by atoms with Crippen LogP contribution in [0.25, 0.3) is 0 Å². The smallest absolute Gasteiger partial charge is 0.254 e. The van der Waals surface area contributed by atoms with Gasteiger partial charge in [-0.2, -0.15) is 0 Å². The van der Waals surface area contributed by atoms with Crippen molar-refractivity contribution < 1.29 is 13.9 Å². The molecule has 1 saturated heterocycles. The van der Waals surface area contributed by atoms with Gasteiger partial charge in [0.25, 0.3) is 5.91 Å². The number of hydrogen-bond donors (Lipinski definition) is 0. The normalized spacial score (nSPS) is 15.4. The molecule has 0 aromatic heterocycles. The fourth-order valence-corrected chi connectivity index (χ4v) is 4.23. The first-order valence-electron chi connectivity index (χ1n) is 11.2. The number of halogens is 2. The largest absolute Gasteiger partial charge is 0.368 e. The summed E-state index contributed by atoms with van der Waals surface area (Å²) >= 11 is 6.09. The van der Waals surface area contributed by atoms with Crippen LogP contribution in [-0.4, -0.2) is 48.4 Å². The molecule has 0 aliphatic carbocycles. The number of hydrogen-bond acceptors (Lipinski definition) is 3. The lowest BCUT2D eigenvalue weighted by molar-refractivity contribution is 0.00341. The van der Waals surface area contributed by atoms with Crippen molar-refractivity contribution in [1.29, 1.82) is 0 Å². The van der Waals surface area contributed by atoms with E-state index < -0.39 is 5.82 Å². The molecule has 1 fully saturated rings. The number of amides is 1. The Labute approximate surface area is 199 Å². The first kappa shape index (κ1) is 23.4. The van der Waals surface area contributed by atoms with E-state index in [1.165, 1.54) is 17.7 Å². The van der Waals surface area contributed by atoms with E-state index in [1.807, 2.05) is 30.3 Å². The van der Waals surface area contributed by atoms with E-state index in [0.29, 0.717) is 30.3 Å². The van der Waals surface area contributed by atoms with E-state index >= 15 is 0 Å². The minimum absolute atomic E-state index is 0.117. The van der Waals surface area contributed by atoms with Gasteiger partial charge in [0, 0.05) is 43.3 Å². The number of rotatable bonds is 7. The monoisotopic (exact) mass is 466 g/mol. The molecule has 172 valence electrons. The standard InChI is InChI=1S/C27H28ClFN2O2/c1-20-4-2-5-21(16-20)19-33-26(22-8-10-24(28)11-9-22)18-30-12-14-31(15-13-30)27(32)23-6-3-7-25(29)17-23/h2-11,16-17,26H,12-15,18-19H2,1H3/t26-/m0/s1. The number of aryl methyl sites for hydroxylation is 1. The number of nitrogens with zero attached hydrogens (tertiary/aromatic N) is 2. The Hall–Kier alpha value is -2.73. The van der Waals surface area contributed by atoms with Crippen LogP contribution in [0.2, 0.25) is 5.02 Å². The molecule has 33 heavy (non-hydrogen) atoms. The molecule has 3 aromatic rings. The SMILES string of the molecule is Cc1cccc(CO[C@@H](CN2CCN(C(=O)c3cccc(F)c3)CC2)c2ccc(Cl)cc2)c1. The minimum Gasteiger partial charge on any atom is -0.368 e. The van der Waals surface area contributed by atoms with Crippen LogP contribution in [0.1, 0.15) is 33.2 Å². The van der Waals surface area contributed by atoms with Gasteiger partial charge in [-0.15, -0.1) is 0 Å². The maximum absolute atomic E-state index is 13.5. The summed E-state index contributed by atoms with van der Waals surface area (Å²) in [5, 5.41) is 0.695. The molecule has 0 N–H and O–H groups in total. The van der Waals surface area contributed by atoms with Gasteiger partial charge in [0.05, 0.1) is 12.7 Å². The summed E-state index contributed by atoms with van der Waals surface area (Å²) in [6, 6.07) is 22.0. The first-order valence-corrected chi connectivity index (χ1v) is 11.6. The maximum atomic E-state index is 13.5. The number of carbonyl (C=O) groups excluding carboxylic acids is 1. The summed E-state index contributed by atoms with van der Waals surface area (Å²) in [6.45, 7) is 5.98. The zero-order chi connectivity index (χ0) is 23.2. The third-order valence-corrected chi connectivity index (χ3v) is 6.18. The second kappa shape index (κ2) is 10.9. The van der Waals surface area contributed by atoms with Crippen molar-refractivity contribution in [2.24, 2.45) is 0 Å². The topological polar surface area (TPSA) is 32.8 Å². The highest BCUT2D eigenvalue weighted by molar-refractivity contribution is 6.30. The Bertz CT molecular complexity index is 1080. The summed E-state index contributed by atoms with van der Waals surface area (Å²) in [7, 11) is 0. The summed E-state index contributed by atoms with van der Waals surface area (Å²) in [4.78, 5) is 16.8. The molecule has 0 spiro atoms. The Morgan fingerprint density at radius 2 is 1.73 bits per heavy atom. The molecular weight excluding hydrogens is 439 g/mol. The van der Waals surface area contributed by atoms with Crippen LogP contribution in [0.15, 0.2) is 72.8 Å². The molecular formula is C27H28ClFN2O2. The summed E-state index contributed by atoms with van der Waals surface area (Å²) in [6.07, 6.45) is -0.117. The van der Waals surface area contributed by atoms with E-state index in [9.17, 15) is 9.18 Å². The molecule has 1 aliphatic heterocycles. The van der Waals surface area contributed by atoms with Crippen LogP contribution in [0.3, 0.4) is 0 Å². The van der Waals surface area contributed by atoms with Crippen molar-refractivity contribution >= 4 is 17.5 Å². The van der Waals surface area contributed by atoms with E-state index in [2.05, 4.69) is 30.0 Å². The van der Waals surface area contributed by atoms with Crippen molar-refractivity contribution in [3.05, 3.63) is 106 Å². The Kier molecular flexibility index (Phi) is 7.76. The predicted molar refractivity (Wildman–Crippen MR) is 129 cm³/mol. The fraction of sp³-hybridized carbons (Fsp3) is 0.296. The van der Waals surface area contributed by atoms with Gasteiger partial charge in [-0.3, -0.25) is 9.69 Å². The highest BCUT2D eigenvalue weighted by atomic mass is 35.5. The summed E-state index contributed by atoms with van der Waals surface area (Å²) in [5.41, 5.74) is 3.81. The quantitative estimate of drug-likeness (QED) is 0.460. The molecule has 0 saturated carbocycles. The van der Waals surface area contributed by atoms with Gasteiger partial charge >= 0.3 is 0 Å². The molecule has 1 atom stereocenters. The lowest BCUT2D eigenvalue weighted by Crippen LogP contribution is -2.49. The van der Waals surface area contributed by atoms with Gasteiger partial charge in [0.2, 0.25) is 0 Å². The van der Waals surface area contributed by atoms with Gasteiger partial charge in [0.1, 0.15) is 5.82 Å².